The van der Waals surface area contributed by atoms with Crippen molar-refractivity contribution in [3.05, 3.63) is 59.0 Å². The lowest BCUT2D eigenvalue weighted by Gasteiger charge is -2.58. The topological polar surface area (TPSA) is 84.9 Å². The van der Waals surface area contributed by atoms with E-state index < -0.39 is 29.9 Å². The highest BCUT2D eigenvalue weighted by Crippen LogP contribution is 2.61. The molecule has 9 heteroatoms. The van der Waals surface area contributed by atoms with Crippen LogP contribution in [0.15, 0.2) is 47.8 Å². The molecule has 200 valence electrons. The summed E-state index contributed by atoms with van der Waals surface area (Å²) < 4.78 is 36.4. The summed E-state index contributed by atoms with van der Waals surface area (Å²) >= 11 is 1.52. The number of fused-ring (bicyclic) bond motifs is 1. The molecule has 0 radical (unpaired) electrons. The van der Waals surface area contributed by atoms with E-state index in [-0.39, 0.29) is 17.9 Å². The monoisotopic (exact) mass is 541 g/mol. The molecule has 0 unspecified atom stereocenters. The first-order valence-corrected chi connectivity index (χ1v) is 13.9. The zero-order valence-corrected chi connectivity index (χ0v) is 21.5. The van der Waals surface area contributed by atoms with Gasteiger partial charge in [-0.3, -0.25) is 4.79 Å². The number of benzene rings is 2. The summed E-state index contributed by atoms with van der Waals surface area (Å²) in [5.74, 6) is 0.648. The van der Waals surface area contributed by atoms with E-state index >= 15 is 0 Å². The van der Waals surface area contributed by atoms with Crippen LogP contribution in [0.3, 0.4) is 0 Å². The predicted octanol–water partition coefficient (Wildman–Crippen LogP) is 6.48. The van der Waals surface area contributed by atoms with Gasteiger partial charge in [-0.15, -0.1) is 11.3 Å². The number of ether oxygens (including phenoxy) is 2. The third-order valence-corrected chi connectivity index (χ3v) is 9.46. The number of rotatable bonds is 9. The maximum Gasteiger partial charge on any atom is 0.387 e. The molecule has 7 rings (SSSR count). The molecule has 38 heavy (non-hydrogen) atoms. The van der Waals surface area contributed by atoms with Crippen LogP contribution >= 0.6 is 11.3 Å². The Morgan fingerprint density at radius 3 is 2.26 bits per heavy atom. The molecule has 3 aromatic rings. The number of nitrogens with one attached hydrogen (secondary N) is 1. The Kier molecular flexibility index (Phi) is 6.50. The van der Waals surface area contributed by atoms with Crippen molar-refractivity contribution in [1.29, 1.82) is 0 Å². The minimum Gasteiger partial charge on any atom is -0.487 e. The molecule has 1 amide bonds. The minimum atomic E-state index is -2.90. The highest BCUT2D eigenvalue weighted by molar-refractivity contribution is 7.17. The van der Waals surface area contributed by atoms with Crippen LogP contribution in [-0.4, -0.2) is 29.6 Å². The average molecular weight is 542 g/mol. The molecule has 0 aliphatic heterocycles. The molecular weight excluding hydrogens is 512 g/mol. The zero-order chi connectivity index (χ0) is 26.4. The van der Waals surface area contributed by atoms with Crippen molar-refractivity contribution in [2.75, 3.05) is 0 Å². The Hall–Kier alpha value is -3.20. The van der Waals surface area contributed by atoms with E-state index in [1.165, 1.54) is 42.7 Å². The van der Waals surface area contributed by atoms with Gasteiger partial charge >= 0.3 is 12.6 Å². The van der Waals surface area contributed by atoms with Crippen molar-refractivity contribution in [1.82, 2.24) is 5.32 Å². The van der Waals surface area contributed by atoms with Gasteiger partial charge in [-0.1, -0.05) is 12.1 Å². The molecule has 4 saturated carbocycles. The van der Waals surface area contributed by atoms with Crippen LogP contribution in [-0.2, 0) is 11.4 Å². The highest BCUT2D eigenvalue weighted by atomic mass is 32.1. The van der Waals surface area contributed by atoms with Crippen LogP contribution in [0.2, 0.25) is 0 Å². The molecule has 6 nitrogen and oxygen atoms in total. The van der Waals surface area contributed by atoms with Crippen molar-refractivity contribution in [3.8, 4) is 11.5 Å². The van der Waals surface area contributed by atoms with E-state index in [9.17, 15) is 23.5 Å². The SMILES string of the molecule is O=C(N[C@H](C(=O)O)C12CC3CC(CC(C3)C1)C2)c1ccc2sccc2c1OCc1ccc(OC(F)F)cc1. The van der Waals surface area contributed by atoms with E-state index in [0.29, 0.717) is 29.1 Å². The van der Waals surface area contributed by atoms with Crippen molar-refractivity contribution < 1.29 is 33.0 Å². The van der Waals surface area contributed by atoms with E-state index in [0.717, 1.165) is 29.3 Å². The number of hydrogen-bond acceptors (Lipinski definition) is 5. The second-order valence-electron chi connectivity index (χ2n) is 11.1. The third-order valence-electron chi connectivity index (χ3n) is 8.58. The number of carbonyl (C=O) groups excluding carboxylic acids is 1. The third kappa shape index (κ3) is 4.72. The molecular formula is C29H29F2NO5S. The van der Waals surface area contributed by atoms with E-state index in [1.807, 2.05) is 17.5 Å². The lowest BCUT2D eigenvalue weighted by molar-refractivity contribution is -0.150. The van der Waals surface area contributed by atoms with Gasteiger partial charge in [-0.05, 0) is 97.6 Å². The Morgan fingerprint density at radius 2 is 1.66 bits per heavy atom. The summed E-state index contributed by atoms with van der Waals surface area (Å²) in [7, 11) is 0. The van der Waals surface area contributed by atoms with E-state index in [2.05, 4.69) is 10.1 Å². The first-order chi connectivity index (χ1) is 18.3. The van der Waals surface area contributed by atoms with Crippen molar-refractivity contribution >= 4 is 33.3 Å². The summed E-state index contributed by atoms with van der Waals surface area (Å²) in [5, 5.41) is 15.8. The lowest BCUT2D eigenvalue weighted by atomic mass is 9.47. The van der Waals surface area contributed by atoms with Gasteiger partial charge in [0.15, 0.2) is 0 Å². The van der Waals surface area contributed by atoms with Gasteiger partial charge in [0.25, 0.3) is 5.91 Å². The first kappa shape index (κ1) is 25.1. The first-order valence-electron chi connectivity index (χ1n) is 13.0. The number of halogens is 2. The maximum absolute atomic E-state index is 13.7. The largest absolute Gasteiger partial charge is 0.487 e. The second kappa shape index (κ2) is 9.84. The van der Waals surface area contributed by atoms with E-state index in [1.54, 1.807) is 18.2 Å². The van der Waals surface area contributed by atoms with Crippen LogP contribution in [0.1, 0.15) is 54.4 Å². The van der Waals surface area contributed by atoms with Gasteiger partial charge in [0.1, 0.15) is 24.1 Å². The molecule has 0 saturated heterocycles. The number of alkyl halides is 2. The van der Waals surface area contributed by atoms with E-state index in [4.69, 9.17) is 4.74 Å². The summed E-state index contributed by atoms with van der Waals surface area (Å²) in [5.41, 5.74) is 0.595. The standard InChI is InChI=1S/C29H29F2NO5S/c30-28(31)37-20-3-1-16(2-4-20)15-36-24-21-7-8-38-23(21)6-5-22(24)26(33)32-25(27(34)35)29-12-17-9-18(13-29)11-19(10-17)14-29/h1-8,17-19,25,28H,9-15H2,(H,32,33)(H,34,35)/t17?,18?,19?,25-,29?/m1/s1. The van der Waals surface area contributed by atoms with Gasteiger partial charge < -0.3 is 19.9 Å². The number of thiophene rings is 1. The normalized spacial score (nSPS) is 26.4. The quantitative estimate of drug-likeness (QED) is 0.324. The molecule has 4 aliphatic rings. The fourth-order valence-corrected chi connectivity index (χ4v) is 8.28. The Balaban J connectivity index is 1.25. The van der Waals surface area contributed by atoms with Gasteiger partial charge in [-0.2, -0.15) is 8.78 Å². The van der Waals surface area contributed by atoms with Crippen molar-refractivity contribution in [2.45, 2.75) is 57.8 Å². The van der Waals surface area contributed by atoms with Gasteiger partial charge in [0.05, 0.1) is 5.56 Å². The van der Waals surface area contributed by atoms with Crippen molar-refractivity contribution in [3.63, 3.8) is 0 Å². The van der Waals surface area contributed by atoms with Gasteiger partial charge in [-0.25, -0.2) is 4.79 Å². The maximum atomic E-state index is 13.7. The van der Waals surface area contributed by atoms with Gasteiger partial charge in [0.2, 0.25) is 0 Å². The predicted molar refractivity (Wildman–Crippen MR) is 139 cm³/mol. The number of carboxylic acid groups (broad SMARTS) is 1. The summed E-state index contributed by atoms with van der Waals surface area (Å²) in [6.45, 7) is -2.80. The number of carbonyl (C=O) groups is 2. The molecule has 4 fully saturated rings. The Morgan fingerprint density at radius 1 is 1.00 bits per heavy atom. The minimum absolute atomic E-state index is 0.0492. The smallest absolute Gasteiger partial charge is 0.387 e. The van der Waals surface area contributed by atoms with Crippen LogP contribution in [0.5, 0.6) is 11.5 Å². The van der Waals surface area contributed by atoms with Crippen LogP contribution in [0.4, 0.5) is 8.78 Å². The van der Waals surface area contributed by atoms with Gasteiger partial charge in [0, 0.05) is 15.5 Å². The highest BCUT2D eigenvalue weighted by Gasteiger charge is 2.56. The summed E-state index contributed by atoms with van der Waals surface area (Å²) in [4.78, 5) is 26.2. The number of hydrogen-bond donors (Lipinski definition) is 2. The lowest BCUT2D eigenvalue weighted by Crippen LogP contribution is -2.59. The number of carboxylic acids is 1. The zero-order valence-electron chi connectivity index (χ0n) is 20.7. The molecule has 2 aromatic carbocycles. The molecule has 1 aromatic heterocycles. The molecule has 0 spiro atoms. The molecule has 4 aliphatic carbocycles. The van der Waals surface area contributed by atoms with Crippen LogP contribution in [0.25, 0.3) is 10.1 Å². The fraction of sp³-hybridized carbons (Fsp3) is 0.448. The van der Waals surface area contributed by atoms with Crippen LogP contribution < -0.4 is 14.8 Å². The summed E-state index contributed by atoms with van der Waals surface area (Å²) in [6.07, 6.45) is 6.11. The Bertz CT molecular complexity index is 1320. The second-order valence-corrected chi connectivity index (χ2v) is 12.1. The van der Waals surface area contributed by atoms with Crippen LogP contribution in [0, 0.1) is 23.2 Å². The average Bonchev–Trinajstić information content (AvgIpc) is 3.34. The molecule has 1 heterocycles. The number of aliphatic carboxylic acids is 1. The number of amides is 1. The molecule has 4 bridgehead atoms. The molecule has 1 atom stereocenters. The van der Waals surface area contributed by atoms with Crippen molar-refractivity contribution in [2.24, 2.45) is 23.2 Å². The fourth-order valence-electron chi connectivity index (χ4n) is 7.49. The molecule has 2 N–H and O–H groups in total. The Labute approximate surface area is 222 Å². The summed E-state index contributed by atoms with van der Waals surface area (Å²) in [6, 6.07) is 10.6.